The fourth-order valence-corrected chi connectivity index (χ4v) is 3.31. The standard InChI is InChI=1S/C15H21FN2/c1-18-8-2-3-13(18)10-17-15-7-4-11-9-12(16)5-6-14(11)15/h5-6,9,13,15,17H,2-4,7-8,10H2,1H3. The monoisotopic (exact) mass is 248 g/mol. The molecule has 2 aliphatic rings. The van der Waals surface area contributed by atoms with Gasteiger partial charge in [0.05, 0.1) is 0 Å². The second kappa shape index (κ2) is 4.98. The van der Waals surface area contributed by atoms with Crippen LogP contribution in [0, 0.1) is 5.82 Å². The highest BCUT2D eigenvalue weighted by molar-refractivity contribution is 5.34. The first-order chi connectivity index (χ1) is 8.74. The van der Waals surface area contributed by atoms with Crippen molar-refractivity contribution in [2.75, 3.05) is 20.1 Å². The average Bonchev–Trinajstić information content (AvgIpc) is 2.93. The van der Waals surface area contributed by atoms with Crippen LogP contribution in [0.4, 0.5) is 4.39 Å². The van der Waals surface area contributed by atoms with E-state index in [1.807, 2.05) is 6.07 Å². The largest absolute Gasteiger partial charge is 0.308 e. The Morgan fingerprint density at radius 3 is 3.06 bits per heavy atom. The van der Waals surface area contributed by atoms with E-state index in [-0.39, 0.29) is 5.82 Å². The molecule has 18 heavy (non-hydrogen) atoms. The SMILES string of the molecule is CN1CCCC1CNC1CCc2cc(F)ccc21. The van der Waals surface area contributed by atoms with E-state index in [2.05, 4.69) is 17.3 Å². The van der Waals surface area contributed by atoms with Crippen molar-refractivity contribution < 1.29 is 4.39 Å². The molecule has 2 atom stereocenters. The van der Waals surface area contributed by atoms with Crippen LogP contribution in [-0.2, 0) is 6.42 Å². The smallest absolute Gasteiger partial charge is 0.123 e. The molecule has 0 saturated carbocycles. The fraction of sp³-hybridized carbons (Fsp3) is 0.600. The van der Waals surface area contributed by atoms with Crippen LogP contribution in [0.15, 0.2) is 18.2 Å². The predicted octanol–water partition coefficient (Wildman–Crippen LogP) is 2.50. The molecule has 0 amide bonds. The normalized spacial score (nSPS) is 27.7. The van der Waals surface area contributed by atoms with Crippen LogP contribution in [0.25, 0.3) is 0 Å². The number of aryl methyl sites for hydroxylation is 1. The van der Waals surface area contributed by atoms with Crippen molar-refractivity contribution in [3.63, 3.8) is 0 Å². The molecule has 1 fully saturated rings. The molecule has 3 rings (SSSR count). The Hall–Kier alpha value is -0.930. The maximum atomic E-state index is 13.1. The van der Waals surface area contributed by atoms with Crippen LogP contribution < -0.4 is 5.32 Å². The highest BCUT2D eigenvalue weighted by Crippen LogP contribution is 2.31. The van der Waals surface area contributed by atoms with Crippen molar-refractivity contribution in [1.29, 1.82) is 0 Å². The van der Waals surface area contributed by atoms with Crippen LogP contribution in [0.2, 0.25) is 0 Å². The van der Waals surface area contributed by atoms with E-state index in [1.54, 1.807) is 12.1 Å². The Labute approximate surface area is 108 Å². The van der Waals surface area contributed by atoms with Crippen molar-refractivity contribution in [2.45, 2.75) is 37.8 Å². The van der Waals surface area contributed by atoms with Crippen molar-refractivity contribution in [1.82, 2.24) is 10.2 Å². The summed E-state index contributed by atoms with van der Waals surface area (Å²) in [5.41, 5.74) is 2.49. The summed E-state index contributed by atoms with van der Waals surface area (Å²) in [7, 11) is 2.21. The molecule has 1 saturated heterocycles. The summed E-state index contributed by atoms with van der Waals surface area (Å²) in [6.07, 6.45) is 4.72. The lowest BCUT2D eigenvalue weighted by atomic mass is 10.1. The number of likely N-dealkylation sites (tertiary alicyclic amines) is 1. The quantitative estimate of drug-likeness (QED) is 0.884. The van der Waals surface area contributed by atoms with Gasteiger partial charge in [-0.1, -0.05) is 6.07 Å². The van der Waals surface area contributed by atoms with Crippen molar-refractivity contribution in [2.24, 2.45) is 0 Å². The van der Waals surface area contributed by atoms with Gasteiger partial charge in [0.1, 0.15) is 5.82 Å². The zero-order valence-electron chi connectivity index (χ0n) is 11.0. The van der Waals surface area contributed by atoms with Crippen LogP contribution >= 0.6 is 0 Å². The average molecular weight is 248 g/mol. The number of nitrogens with one attached hydrogen (secondary N) is 1. The molecular weight excluding hydrogens is 227 g/mol. The number of rotatable bonds is 3. The number of halogens is 1. The minimum atomic E-state index is -0.107. The minimum absolute atomic E-state index is 0.107. The summed E-state index contributed by atoms with van der Waals surface area (Å²) in [5, 5.41) is 3.67. The molecule has 1 aliphatic carbocycles. The lowest BCUT2D eigenvalue weighted by molar-refractivity contribution is 0.291. The van der Waals surface area contributed by atoms with Gasteiger partial charge in [0.25, 0.3) is 0 Å². The fourth-order valence-electron chi connectivity index (χ4n) is 3.31. The van der Waals surface area contributed by atoms with Crippen LogP contribution in [-0.4, -0.2) is 31.1 Å². The molecule has 0 bridgehead atoms. The van der Waals surface area contributed by atoms with Crippen molar-refractivity contribution >= 4 is 0 Å². The Bertz CT molecular complexity index is 433. The molecule has 98 valence electrons. The Kier molecular flexibility index (Phi) is 3.35. The van der Waals surface area contributed by atoms with E-state index >= 15 is 0 Å². The van der Waals surface area contributed by atoms with Crippen LogP contribution in [0.5, 0.6) is 0 Å². The minimum Gasteiger partial charge on any atom is -0.308 e. The summed E-state index contributed by atoms with van der Waals surface area (Å²) in [4.78, 5) is 2.44. The summed E-state index contributed by atoms with van der Waals surface area (Å²) in [5.74, 6) is -0.107. The summed E-state index contributed by atoms with van der Waals surface area (Å²) in [6, 6.07) is 6.33. The molecule has 1 aliphatic heterocycles. The van der Waals surface area contributed by atoms with E-state index in [1.165, 1.54) is 30.5 Å². The van der Waals surface area contributed by atoms with Gasteiger partial charge in [0.2, 0.25) is 0 Å². The molecule has 1 aromatic carbocycles. The zero-order valence-corrected chi connectivity index (χ0v) is 11.0. The highest BCUT2D eigenvalue weighted by Gasteiger charge is 2.25. The van der Waals surface area contributed by atoms with Crippen molar-refractivity contribution in [3.8, 4) is 0 Å². The van der Waals surface area contributed by atoms with E-state index in [0.29, 0.717) is 12.1 Å². The molecule has 0 spiro atoms. The zero-order chi connectivity index (χ0) is 12.5. The number of hydrogen-bond acceptors (Lipinski definition) is 2. The first kappa shape index (κ1) is 12.1. The topological polar surface area (TPSA) is 15.3 Å². The summed E-state index contributed by atoms with van der Waals surface area (Å²) < 4.78 is 13.1. The van der Waals surface area contributed by atoms with Gasteiger partial charge < -0.3 is 10.2 Å². The number of likely N-dealkylation sites (N-methyl/N-ethyl adjacent to an activating group) is 1. The van der Waals surface area contributed by atoms with Gasteiger partial charge in [-0.15, -0.1) is 0 Å². The van der Waals surface area contributed by atoms with E-state index in [0.717, 1.165) is 19.4 Å². The molecule has 0 aromatic heterocycles. The Morgan fingerprint density at radius 1 is 1.39 bits per heavy atom. The number of fused-ring (bicyclic) bond motifs is 1. The third-order valence-electron chi connectivity index (χ3n) is 4.45. The summed E-state index contributed by atoms with van der Waals surface area (Å²) >= 11 is 0. The van der Waals surface area contributed by atoms with E-state index in [9.17, 15) is 4.39 Å². The first-order valence-corrected chi connectivity index (χ1v) is 6.96. The van der Waals surface area contributed by atoms with E-state index < -0.39 is 0 Å². The van der Waals surface area contributed by atoms with Crippen LogP contribution in [0.1, 0.15) is 36.4 Å². The molecule has 1 aromatic rings. The maximum Gasteiger partial charge on any atom is 0.123 e. The van der Waals surface area contributed by atoms with Gasteiger partial charge in [0.15, 0.2) is 0 Å². The van der Waals surface area contributed by atoms with E-state index in [4.69, 9.17) is 0 Å². The molecule has 0 radical (unpaired) electrons. The molecule has 1 N–H and O–H groups in total. The molecular formula is C15H21FN2. The second-order valence-electron chi connectivity index (χ2n) is 5.62. The van der Waals surface area contributed by atoms with Gasteiger partial charge in [-0.2, -0.15) is 0 Å². The number of nitrogens with zero attached hydrogens (tertiary/aromatic N) is 1. The Morgan fingerprint density at radius 2 is 2.28 bits per heavy atom. The number of benzene rings is 1. The van der Waals surface area contributed by atoms with Gasteiger partial charge in [0, 0.05) is 18.6 Å². The maximum absolute atomic E-state index is 13.1. The molecule has 2 unspecified atom stereocenters. The van der Waals surface area contributed by atoms with Gasteiger partial charge >= 0.3 is 0 Å². The highest BCUT2D eigenvalue weighted by atomic mass is 19.1. The van der Waals surface area contributed by atoms with Gasteiger partial charge in [-0.25, -0.2) is 4.39 Å². The summed E-state index contributed by atoms with van der Waals surface area (Å²) in [6.45, 7) is 2.27. The third-order valence-corrected chi connectivity index (χ3v) is 4.45. The van der Waals surface area contributed by atoms with Crippen molar-refractivity contribution in [3.05, 3.63) is 35.1 Å². The third kappa shape index (κ3) is 2.29. The van der Waals surface area contributed by atoms with Gasteiger partial charge in [-0.05, 0) is 62.5 Å². The lowest BCUT2D eigenvalue weighted by Crippen LogP contribution is -2.36. The molecule has 1 heterocycles. The van der Waals surface area contributed by atoms with Crippen LogP contribution in [0.3, 0.4) is 0 Å². The van der Waals surface area contributed by atoms with Gasteiger partial charge in [-0.3, -0.25) is 0 Å². The predicted molar refractivity (Wildman–Crippen MR) is 71.1 cm³/mol. The second-order valence-corrected chi connectivity index (χ2v) is 5.62. The molecule has 2 nitrogen and oxygen atoms in total. The first-order valence-electron chi connectivity index (χ1n) is 6.96. The number of hydrogen-bond donors (Lipinski definition) is 1. The lowest BCUT2D eigenvalue weighted by Gasteiger charge is -2.22. The molecule has 3 heteroatoms. The Balaban J connectivity index is 1.62.